The first-order valence-corrected chi connectivity index (χ1v) is 17.0. The molecule has 4 heterocycles. The third kappa shape index (κ3) is 6.27. The number of benzene rings is 4. The fourth-order valence-electron chi connectivity index (χ4n) is 6.23. The second kappa shape index (κ2) is 13.3. The van der Waals surface area contributed by atoms with E-state index >= 15 is 0 Å². The Hall–Kier alpha value is -5.84. The number of carbonyl (C=O) groups excluding carboxylic acids is 1. The number of aromatic nitrogens is 4. The summed E-state index contributed by atoms with van der Waals surface area (Å²) in [5, 5.41) is 5.38. The minimum Gasteiger partial charge on any atom is -0.378 e. The van der Waals surface area contributed by atoms with Gasteiger partial charge in [-0.25, -0.2) is 15.0 Å². The predicted octanol–water partition coefficient (Wildman–Crippen LogP) is 8.45. The number of fused-ring (bicyclic) bond motifs is 1. The van der Waals surface area contributed by atoms with Crippen molar-refractivity contribution in [3.8, 4) is 33.8 Å². The number of anilines is 5. The number of imidazole rings is 1. The van der Waals surface area contributed by atoms with E-state index in [4.69, 9.17) is 14.7 Å². The van der Waals surface area contributed by atoms with Crippen LogP contribution in [0.1, 0.15) is 6.92 Å². The maximum absolute atomic E-state index is 13.1. The molecule has 49 heavy (non-hydrogen) atoms. The Kier molecular flexibility index (Phi) is 8.30. The lowest BCUT2D eigenvalue weighted by Gasteiger charge is -2.28. The zero-order valence-corrected chi connectivity index (χ0v) is 27.7. The van der Waals surface area contributed by atoms with E-state index in [9.17, 15) is 4.79 Å². The molecule has 0 aliphatic carbocycles. The summed E-state index contributed by atoms with van der Waals surface area (Å²) in [6.45, 7) is 4.86. The van der Waals surface area contributed by atoms with Crippen LogP contribution in [0.5, 0.6) is 0 Å². The maximum Gasteiger partial charge on any atom is 0.228 e. The van der Waals surface area contributed by atoms with Crippen molar-refractivity contribution in [3.63, 3.8) is 0 Å². The van der Waals surface area contributed by atoms with Gasteiger partial charge in [-0.15, -0.1) is 11.3 Å². The maximum atomic E-state index is 13.1. The Bertz CT molecular complexity index is 2220. The monoisotopic (exact) mass is 663 g/mol. The van der Waals surface area contributed by atoms with Crippen LogP contribution in [0.4, 0.5) is 28.7 Å². The molecule has 1 fully saturated rings. The number of nitrogens with zero attached hydrogens (tertiary/aromatic N) is 6. The van der Waals surface area contributed by atoms with Crippen molar-refractivity contribution in [2.45, 2.75) is 6.92 Å². The van der Waals surface area contributed by atoms with Gasteiger partial charge in [0, 0.05) is 66.1 Å². The second-order valence-corrected chi connectivity index (χ2v) is 12.6. The van der Waals surface area contributed by atoms with Crippen molar-refractivity contribution in [2.24, 2.45) is 0 Å². The summed E-state index contributed by atoms with van der Waals surface area (Å²) < 4.78 is 7.55. The molecule has 7 aromatic rings. The first-order valence-electron chi connectivity index (χ1n) is 16.2. The van der Waals surface area contributed by atoms with Gasteiger partial charge in [0.15, 0.2) is 4.96 Å². The molecule has 0 unspecified atom stereocenters. The van der Waals surface area contributed by atoms with E-state index in [0.717, 1.165) is 82.1 Å². The van der Waals surface area contributed by atoms with Crippen molar-refractivity contribution >= 4 is 50.9 Å². The van der Waals surface area contributed by atoms with Crippen molar-refractivity contribution in [3.05, 3.63) is 127 Å². The van der Waals surface area contributed by atoms with E-state index in [2.05, 4.69) is 43.9 Å². The van der Waals surface area contributed by atoms with E-state index in [-0.39, 0.29) is 5.91 Å². The Morgan fingerprint density at radius 3 is 2.35 bits per heavy atom. The average Bonchev–Trinajstić information content (AvgIpc) is 3.75. The largest absolute Gasteiger partial charge is 0.378 e. The summed E-state index contributed by atoms with van der Waals surface area (Å²) >= 11 is 1.56. The molecule has 1 saturated heterocycles. The number of rotatable bonds is 8. The molecule has 0 saturated carbocycles. The summed E-state index contributed by atoms with van der Waals surface area (Å²) in [6, 6.07) is 36.4. The lowest BCUT2D eigenvalue weighted by molar-refractivity contribution is -0.115. The third-order valence-electron chi connectivity index (χ3n) is 8.59. The van der Waals surface area contributed by atoms with Crippen molar-refractivity contribution in [1.29, 1.82) is 0 Å². The summed E-state index contributed by atoms with van der Waals surface area (Å²) in [5.41, 5.74) is 9.07. The molecule has 0 bridgehead atoms. The number of hydrogen-bond acceptors (Lipinski definition) is 8. The van der Waals surface area contributed by atoms with Crippen LogP contribution in [0.15, 0.2) is 127 Å². The molecule has 10 heteroatoms. The number of ether oxygens (including phenoxy) is 1. The van der Waals surface area contributed by atoms with Gasteiger partial charge in [-0.05, 0) is 65.7 Å². The van der Waals surface area contributed by atoms with Crippen LogP contribution >= 0.6 is 11.3 Å². The molecule has 1 N–H and O–H groups in total. The van der Waals surface area contributed by atoms with Crippen LogP contribution < -0.4 is 15.1 Å². The van der Waals surface area contributed by atoms with E-state index in [1.165, 1.54) is 5.69 Å². The van der Waals surface area contributed by atoms with Gasteiger partial charge < -0.3 is 15.0 Å². The first kappa shape index (κ1) is 30.5. The van der Waals surface area contributed by atoms with Gasteiger partial charge in [-0.1, -0.05) is 54.6 Å². The van der Waals surface area contributed by atoms with Gasteiger partial charge in [0.2, 0.25) is 11.9 Å². The molecular weight excluding hydrogens is 631 g/mol. The number of hydrogen-bond donors (Lipinski definition) is 1. The Morgan fingerprint density at radius 1 is 0.816 bits per heavy atom. The van der Waals surface area contributed by atoms with E-state index in [1.54, 1.807) is 29.4 Å². The Balaban J connectivity index is 1.10. The number of carbonyl (C=O) groups is 1. The van der Waals surface area contributed by atoms with Crippen LogP contribution in [-0.4, -0.2) is 51.6 Å². The third-order valence-corrected chi connectivity index (χ3v) is 9.34. The van der Waals surface area contributed by atoms with Gasteiger partial charge in [0.05, 0.1) is 24.6 Å². The van der Waals surface area contributed by atoms with Crippen LogP contribution in [0.2, 0.25) is 0 Å². The minimum atomic E-state index is -0.0832. The standard InChI is InChI=1S/C39H33N7O2S/c1-27(47)46(33-14-10-29(11-15-33)28-6-3-2-4-7-28)34-9-5-8-30(26-34)36-37(45-22-25-49-39(45)43-36)35-18-19-40-38(42-35)41-31-12-16-32(17-13-31)44-20-23-48-24-21-44/h2-19,22,25-26H,20-21,23-24H2,1H3,(H,40,41,42). The van der Waals surface area contributed by atoms with E-state index in [1.807, 2.05) is 96.5 Å². The molecule has 8 rings (SSSR count). The van der Waals surface area contributed by atoms with Gasteiger partial charge in [0.1, 0.15) is 5.69 Å². The molecule has 1 aliphatic heterocycles. The molecule has 4 aromatic carbocycles. The molecular formula is C39H33N7O2S. The van der Waals surface area contributed by atoms with Gasteiger partial charge in [-0.3, -0.25) is 14.1 Å². The van der Waals surface area contributed by atoms with Crippen LogP contribution in [0, 0.1) is 0 Å². The Morgan fingerprint density at radius 2 is 1.57 bits per heavy atom. The molecule has 0 radical (unpaired) electrons. The SMILES string of the molecule is CC(=O)N(c1ccc(-c2ccccc2)cc1)c1cccc(-c2nc3sccn3c2-c2ccnc(Nc3ccc(N4CCOCC4)cc3)n2)c1. The lowest BCUT2D eigenvalue weighted by atomic mass is 10.0. The normalized spacial score (nSPS) is 13.0. The smallest absolute Gasteiger partial charge is 0.228 e. The van der Waals surface area contributed by atoms with Crippen LogP contribution in [0.3, 0.4) is 0 Å². The topological polar surface area (TPSA) is 87.9 Å². The highest BCUT2D eigenvalue weighted by Crippen LogP contribution is 2.37. The lowest BCUT2D eigenvalue weighted by Crippen LogP contribution is -2.36. The summed E-state index contributed by atoms with van der Waals surface area (Å²) in [5.74, 6) is 0.406. The van der Waals surface area contributed by atoms with Crippen molar-refractivity contribution in [2.75, 3.05) is 41.4 Å². The molecule has 1 amide bonds. The molecule has 242 valence electrons. The van der Waals surface area contributed by atoms with Gasteiger partial charge >= 0.3 is 0 Å². The van der Waals surface area contributed by atoms with Gasteiger partial charge in [-0.2, -0.15) is 0 Å². The van der Waals surface area contributed by atoms with Gasteiger partial charge in [0.25, 0.3) is 0 Å². The molecule has 0 atom stereocenters. The molecule has 1 aliphatic rings. The number of amides is 1. The van der Waals surface area contributed by atoms with E-state index < -0.39 is 0 Å². The Labute approximate surface area is 288 Å². The predicted molar refractivity (Wildman–Crippen MR) is 197 cm³/mol. The minimum absolute atomic E-state index is 0.0832. The molecule has 3 aromatic heterocycles. The summed E-state index contributed by atoms with van der Waals surface area (Å²) in [4.78, 5) is 32.5. The van der Waals surface area contributed by atoms with E-state index in [0.29, 0.717) is 5.95 Å². The number of nitrogens with one attached hydrogen (secondary N) is 1. The quantitative estimate of drug-likeness (QED) is 0.175. The summed E-state index contributed by atoms with van der Waals surface area (Å²) in [7, 11) is 0. The second-order valence-electron chi connectivity index (χ2n) is 11.7. The van der Waals surface area contributed by atoms with Crippen LogP contribution in [-0.2, 0) is 9.53 Å². The fourth-order valence-corrected chi connectivity index (χ4v) is 6.94. The van der Waals surface area contributed by atoms with Crippen molar-refractivity contribution in [1.82, 2.24) is 19.4 Å². The molecule has 9 nitrogen and oxygen atoms in total. The highest BCUT2D eigenvalue weighted by molar-refractivity contribution is 7.15. The zero-order valence-electron chi connectivity index (χ0n) is 26.9. The molecule has 0 spiro atoms. The number of morpholine rings is 1. The summed E-state index contributed by atoms with van der Waals surface area (Å²) in [6.07, 6.45) is 3.76. The number of thiazole rings is 1. The zero-order chi connectivity index (χ0) is 33.2. The highest BCUT2D eigenvalue weighted by atomic mass is 32.1. The average molecular weight is 664 g/mol. The fraction of sp³-hybridized carbons (Fsp3) is 0.128. The first-order chi connectivity index (χ1) is 24.1. The van der Waals surface area contributed by atoms with Crippen LogP contribution in [0.25, 0.3) is 38.7 Å². The highest BCUT2D eigenvalue weighted by Gasteiger charge is 2.21. The van der Waals surface area contributed by atoms with Crippen molar-refractivity contribution < 1.29 is 9.53 Å².